The average Bonchev–Trinajstić information content (AvgIpc) is 3.26. The molecule has 156 valence electrons. The quantitative estimate of drug-likeness (QED) is 0.346. The van der Waals surface area contributed by atoms with Crippen LogP contribution in [0.4, 0.5) is 0 Å². The molecule has 1 saturated carbocycles. The number of nitrogens with zero attached hydrogens (tertiary/aromatic N) is 4. The van der Waals surface area contributed by atoms with Gasteiger partial charge in [-0.15, -0.1) is 45.5 Å². The van der Waals surface area contributed by atoms with Gasteiger partial charge in [-0.25, -0.2) is 4.99 Å². The largest absolute Gasteiger partial charge is 0.356 e. The summed E-state index contributed by atoms with van der Waals surface area (Å²) < 4.78 is 2.00. The van der Waals surface area contributed by atoms with E-state index in [0.29, 0.717) is 18.0 Å². The van der Waals surface area contributed by atoms with Crippen LogP contribution in [0, 0.1) is 12.3 Å². The number of nitrogens with one attached hydrogen (secondary N) is 2. The maximum absolute atomic E-state index is 4.79. The molecular formula is C20H33IN6S. The van der Waals surface area contributed by atoms with Gasteiger partial charge in [0.2, 0.25) is 0 Å². The van der Waals surface area contributed by atoms with Crippen molar-refractivity contribution in [3.05, 3.63) is 34.0 Å². The third kappa shape index (κ3) is 6.72. The predicted octanol–water partition coefficient (Wildman–Crippen LogP) is 4.05. The number of hydrogen-bond donors (Lipinski definition) is 2. The van der Waals surface area contributed by atoms with Gasteiger partial charge in [0.1, 0.15) is 12.4 Å². The number of guanidine groups is 1. The minimum absolute atomic E-state index is 0. The molecule has 1 fully saturated rings. The molecule has 28 heavy (non-hydrogen) atoms. The second-order valence-corrected chi connectivity index (χ2v) is 9.26. The van der Waals surface area contributed by atoms with Crippen LogP contribution in [0.1, 0.15) is 56.1 Å². The normalized spacial score (nSPS) is 17.2. The van der Waals surface area contributed by atoms with Gasteiger partial charge in [-0.2, -0.15) is 0 Å². The van der Waals surface area contributed by atoms with Crippen LogP contribution in [0.5, 0.6) is 0 Å². The van der Waals surface area contributed by atoms with E-state index in [1.807, 2.05) is 18.5 Å². The first kappa shape index (κ1) is 23.1. The Morgan fingerprint density at radius 1 is 1.32 bits per heavy atom. The molecule has 0 saturated heterocycles. The van der Waals surface area contributed by atoms with E-state index in [4.69, 9.17) is 4.99 Å². The Labute approximate surface area is 189 Å². The van der Waals surface area contributed by atoms with Crippen molar-refractivity contribution in [2.45, 2.75) is 65.5 Å². The molecule has 2 aromatic heterocycles. The maximum Gasteiger partial charge on any atom is 0.191 e. The van der Waals surface area contributed by atoms with E-state index in [0.717, 1.165) is 30.6 Å². The molecule has 0 aromatic carbocycles. The van der Waals surface area contributed by atoms with E-state index in [-0.39, 0.29) is 24.0 Å². The summed E-state index contributed by atoms with van der Waals surface area (Å²) >= 11 is 1.80. The molecule has 0 radical (unpaired) electrons. The highest BCUT2D eigenvalue weighted by Gasteiger charge is 2.27. The Bertz CT molecular complexity index is 743. The summed E-state index contributed by atoms with van der Waals surface area (Å²) in [6.07, 6.45) is 5.92. The van der Waals surface area contributed by atoms with E-state index in [2.05, 4.69) is 52.2 Å². The second-order valence-electron chi connectivity index (χ2n) is 8.23. The molecule has 8 heteroatoms. The van der Waals surface area contributed by atoms with Crippen molar-refractivity contribution in [2.75, 3.05) is 6.54 Å². The number of aryl methyl sites for hydroxylation is 1. The first-order valence-corrected chi connectivity index (χ1v) is 10.7. The lowest BCUT2D eigenvalue weighted by Crippen LogP contribution is -2.46. The van der Waals surface area contributed by atoms with Crippen LogP contribution >= 0.6 is 35.3 Å². The summed E-state index contributed by atoms with van der Waals surface area (Å²) in [5.41, 5.74) is 0.470. The molecule has 6 nitrogen and oxygen atoms in total. The molecule has 0 amide bonds. The summed E-state index contributed by atoms with van der Waals surface area (Å²) in [5.74, 6) is 2.68. The smallest absolute Gasteiger partial charge is 0.191 e. The van der Waals surface area contributed by atoms with Crippen LogP contribution in [-0.4, -0.2) is 33.3 Å². The molecule has 2 aromatic rings. The Kier molecular flexibility index (Phi) is 8.73. The van der Waals surface area contributed by atoms with E-state index >= 15 is 0 Å². The fourth-order valence-corrected chi connectivity index (χ4v) is 4.10. The first-order valence-electron chi connectivity index (χ1n) is 9.85. The van der Waals surface area contributed by atoms with Gasteiger partial charge in [-0.05, 0) is 55.9 Å². The van der Waals surface area contributed by atoms with Crippen LogP contribution in [-0.2, 0) is 20.0 Å². The van der Waals surface area contributed by atoms with Gasteiger partial charge in [-0.3, -0.25) is 0 Å². The molecule has 1 aliphatic rings. The highest BCUT2D eigenvalue weighted by atomic mass is 127. The second kappa shape index (κ2) is 10.6. The Morgan fingerprint density at radius 3 is 2.68 bits per heavy atom. The van der Waals surface area contributed by atoms with Crippen LogP contribution in [0.15, 0.2) is 22.5 Å². The molecule has 0 unspecified atom stereocenters. The van der Waals surface area contributed by atoms with Crippen molar-refractivity contribution < 1.29 is 0 Å². The van der Waals surface area contributed by atoms with Gasteiger partial charge < -0.3 is 15.2 Å². The molecule has 1 aliphatic carbocycles. The van der Waals surface area contributed by atoms with Gasteiger partial charge in [0.15, 0.2) is 11.8 Å². The number of thiophene rings is 1. The number of aromatic nitrogens is 3. The third-order valence-corrected chi connectivity index (χ3v) is 6.42. The molecule has 0 atom stereocenters. The fraction of sp³-hybridized carbons (Fsp3) is 0.650. The average molecular weight is 516 g/mol. The zero-order valence-corrected chi connectivity index (χ0v) is 20.5. The van der Waals surface area contributed by atoms with Gasteiger partial charge >= 0.3 is 0 Å². The van der Waals surface area contributed by atoms with Crippen molar-refractivity contribution in [1.29, 1.82) is 0 Å². The highest BCUT2D eigenvalue weighted by molar-refractivity contribution is 14.0. The maximum atomic E-state index is 4.79. The molecule has 3 rings (SSSR count). The van der Waals surface area contributed by atoms with E-state index < -0.39 is 0 Å². The van der Waals surface area contributed by atoms with E-state index in [1.165, 1.54) is 30.6 Å². The minimum Gasteiger partial charge on any atom is -0.356 e. The van der Waals surface area contributed by atoms with Crippen molar-refractivity contribution in [3.63, 3.8) is 0 Å². The molecular weight excluding hydrogens is 483 g/mol. The van der Waals surface area contributed by atoms with Crippen LogP contribution in [0.3, 0.4) is 0 Å². The lowest BCUT2D eigenvalue weighted by Gasteiger charge is -2.35. The standard InChI is InChI=1S/C20H32N6S.HI/c1-15-24-25-18(26(15)4)14-22-19(21-12-9-17-6-5-13-27-17)23-16-7-10-20(2,3)11-8-16;/h5-6,13,16H,7-12,14H2,1-4H3,(H2,21,22,23);1H. The summed E-state index contributed by atoms with van der Waals surface area (Å²) in [7, 11) is 1.99. The van der Waals surface area contributed by atoms with E-state index in [1.54, 1.807) is 11.3 Å². The van der Waals surface area contributed by atoms with Gasteiger partial charge in [0.05, 0.1) is 0 Å². The number of rotatable bonds is 6. The predicted molar refractivity (Wildman–Crippen MR) is 127 cm³/mol. The monoisotopic (exact) mass is 516 g/mol. The third-order valence-electron chi connectivity index (χ3n) is 5.49. The number of hydrogen-bond acceptors (Lipinski definition) is 4. The van der Waals surface area contributed by atoms with Crippen LogP contribution < -0.4 is 10.6 Å². The van der Waals surface area contributed by atoms with Crippen LogP contribution in [0.2, 0.25) is 0 Å². The zero-order chi connectivity index (χ0) is 19.3. The van der Waals surface area contributed by atoms with Gasteiger partial charge in [0.25, 0.3) is 0 Å². The van der Waals surface area contributed by atoms with Crippen LogP contribution in [0.25, 0.3) is 0 Å². The van der Waals surface area contributed by atoms with Crippen molar-refractivity contribution in [1.82, 2.24) is 25.4 Å². The topological polar surface area (TPSA) is 67.1 Å². The zero-order valence-electron chi connectivity index (χ0n) is 17.4. The Morgan fingerprint density at radius 2 is 2.07 bits per heavy atom. The summed E-state index contributed by atoms with van der Waals surface area (Å²) in [6.45, 7) is 8.11. The van der Waals surface area contributed by atoms with Crippen molar-refractivity contribution in [3.8, 4) is 0 Å². The molecule has 0 bridgehead atoms. The van der Waals surface area contributed by atoms with Crippen molar-refractivity contribution in [2.24, 2.45) is 17.5 Å². The molecule has 0 spiro atoms. The van der Waals surface area contributed by atoms with Gasteiger partial charge in [0, 0.05) is 24.5 Å². The van der Waals surface area contributed by atoms with E-state index in [9.17, 15) is 0 Å². The summed E-state index contributed by atoms with van der Waals surface area (Å²) in [5, 5.41) is 17.6. The Balaban J connectivity index is 0.00000280. The minimum atomic E-state index is 0. The summed E-state index contributed by atoms with van der Waals surface area (Å²) in [6, 6.07) is 4.78. The first-order chi connectivity index (χ1) is 12.9. The fourth-order valence-electron chi connectivity index (χ4n) is 3.39. The molecule has 2 heterocycles. The number of aliphatic imine (C=N–C) groups is 1. The number of halogens is 1. The highest BCUT2D eigenvalue weighted by Crippen LogP contribution is 2.34. The summed E-state index contributed by atoms with van der Waals surface area (Å²) in [4.78, 5) is 6.19. The lowest BCUT2D eigenvalue weighted by atomic mass is 9.75. The lowest BCUT2D eigenvalue weighted by molar-refractivity contribution is 0.216. The molecule has 2 N–H and O–H groups in total. The van der Waals surface area contributed by atoms with Gasteiger partial charge in [-0.1, -0.05) is 19.9 Å². The SMILES string of the molecule is Cc1nnc(CN=C(NCCc2cccs2)NC2CCC(C)(C)CC2)n1C.I. The molecule has 0 aliphatic heterocycles. The van der Waals surface area contributed by atoms with Crippen molar-refractivity contribution >= 4 is 41.3 Å². The Hall–Kier alpha value is -1.16.